The highest BCUT2D eigenvalue weighted by molar-refractivity contribution is 7.86. The Morgan fingerprint density at radius 3 is 1.56 bits per heavy atom. The molecule has 4 rings (SSSR count). The summed E-state index contributed by atoms with van der Waals surface area (Å²) in [6.07, 6.45) is 8.18. The van der Waals surface area contributed by atoms with E-state index in [1.54, 1.807) is 55.4 Å². The monoisotopic (exact) mass is 1380 g/mol. The van der Waals surface area contributed by atoms with Crippen LogP contribution in [-0.4, -0.2) is 183 Å². The van der Waals surface area contributed by atoms with Crippen LogP contribution in [0, 0.1) is 0 Å². The fraction of sp³-hybridized carbons (Fsp3) is 0.580. The van der Waals surface area contributed by atoms with Crippen LogP contribution in [0.25, 0.3) is 0 Å². The minimum absolute atomic E-state index is 0.0241. The zero-order valence-corrected chi connectivity index (χ0v) is 55.1. The predicted octanol–water partition coefficient (Wildman–Crippen LogP) is 4.07. The second-order valence-corrected chi connectivity index (χ2v) is 31.3. The van der Waals surface area contributed by atoms with Gasteiger partial charge in [-0.1, -0.05) is 45.6 Å². The second kappa shape index (κ2) is 32.7. The second-order valence-electron chi connectivity index (χ2n) is 21.4. The first-order chi connectivity index (χ1) is 40.7. The highest BCUT2D eigenvalue weighted by Gasteiger charge is 2.48. The molecule has 0 aliphatic carbocycles. The average Bonchev–Trinajstić information content (AvgIpc) is 1.60. The summed E-state index contributed by atoms with van der Waals surface area (Å²) in [6.45, 7) is 5.49. The van der Waals surface area contributed by atoms with E-state index < -0.39 is 136 Å². The lowest BCUT2D eigenvalue weighted by molar-refractivity contribution is -0.437. The lowest BCUT2D eigenvalue weighted by atomic mass is 9.78. The van der Waals surface area contributed by atoms with Crippen molar-refractivity contribution in [3.63, 3.8) is 0 Å². The van der Waals surface area contributed by atoms with E-state index in [1.807, 2.05) is 0 Å². The number of amides is 4. The van der Waals surface area contributed by atoms with Gasteiger partial charge in [-0.3, -0.25) is 51.0 Å². The molecule has 0 saturated carbocycles. The van der Waals surface area contributed by atoms with Gasteiger partial charge in [0.1, 0.15) is 6.54 Å². The van der Waals surface area contributed by atoms with Gasteiger partial charge in [-0.15, -0.1) is 0 Å². The van der Waals surface area contributed by atoms with Crippen LogP contribution >= 0.6 is 24.7 Å². The van der Waals surface area contributed by atoms with Crippen molar-refractivity contribution in [3.05, 3.63) is 81.6 Å². The molecule has 2 aliphatic rings. The van der Waals surface area contributed by atoms with Crippen LogP contribution in [0.15, 0.2) is 48.2 Å². The standard InChI is InChI=1S/C50H77N6O25P3S4/c1-49(2)41(17-14-18-42-50(3,4)44-38(48(60)54-22-30-88(75,76)77)32-36(46(58)53-21-29-87(72,73)74)34-40(44)56(42)24-16-28-86(69,70)71)55(23-15-27-85(66,67)68)39-33-35(45(57)51-19-10-6-9-13-26-80-84(64,65)81-82-61)31-37(43(39)49)47(59)52-20-11-7-8-12-25-79-83(62,63)78-5/h14,17-18,31-34,61,82H,6-13,15-16,19-30H2,1-5H3,(H9-,51,52,53,54,57,58,59,60,62,63,64,65,66,67,68,69,70,71,72,73,74,75,76,77)/p+1. The first-order valence-corrected chi connectivity index (χ1v) is 37.7. The molecule has 38 heteroatoms. The summed E-state index contributed by atoms with van der Waals surface area (Å²) in [5.74, 6) is -6.29. The van der Waals surface area contributed by atoms with Crippen molar-refractivity contribution in [2.75, 3.05) is 87.5 Å². The largest absolute Gasteiger partial charge is 0.477 e. The molecule has 11 N–H and O–H groups in total. The zero-order valence-electron chi connectivity index (χ0n) is 49.0. The molecule has 496 valence electrons. The number of unbranched alkanes of at least 4 members (excludes halogenated alkanes) is 6. The summed E-state index contributed by atoms with van der Waals surface area (Å²) in [5.41, 5.74) is -0.998. The van der Waals surface area contributed by atoms with E-state index in [0.29, 0.717) is 74.0 Å². The Bertz CT molecular complexity index is 3540. The molecule has 0 radical (unpaired) electrons. The summed E-state index contributed by atoms with van der Waals surface area (Å²) in [6, 6.07) is 5.43. The Morgan fingerprint density at radius 1 is 0.591 bits per heavy atom. The number of carbonyl (C=O) groups is 4. The van der Waals surface area contributed by atoms with E-state index in [0.717, 1.165) is 13.2 Å². The number of nitrogens with one attached hydrogen (secondary N) is 4. The van der Waals surface area contributed by atoms with Crippen LogP contribution in [0.3, 0.4) is 0 Å². The predicted molar refractivity (Wildman–Crippen MR) is 325 cm³/mol. The normalized spacial score (nSPS) is 16.9. The lowest BCUT2D eigenvalue weighted by Crippen LogP contribution is -2.32. The molecule has 0 saturated heterocycles. The minimum atomic E-state index is -4.58. The van der Waals surface area contributed by atoms with Crippen molar-refractivity contribution >= 4 is 106 Å². The van der Waals surface area contributed by atoms with Gasteiger partial charge in [0.25, 0.3) is 64.1 Å². The summed E-state index contributed by atoms with van der Waals surface area (Å²) in [7, 11) is -27.0. The van der Waals surface area contributed by atoms with Gasteiger partial charge < -0.3 is 40.8 Å². The van der Waals surface area contributed by atoms with Crippen molar-refractivity contribution in [1.82, 2.24) is 21.3 Å². The summed E-state index contributed by atoms with van der Waals surface area (Å²) >= 11 is 0. The van der Waals surface area contributed by atoms with Crippen LogP contribution < -0.4 is 26.2 Å². The molecular weight excluding hydrogens is 1310 g/mol. The Balaban J connectivity index is 1.87. The van der Waals surface area contributed by atoms with E-state index in [-0.39, 0.29) is 85.7 Å². The van der Waals surface area contributed by atoms with Crippen LogP contribution in [0.1, 0.15) is 144 Å². The van der Waals surface area contributed by atoms with Gasteiger partial charge in [0, 0.05) is 97.5 Å². The third-order valence-corrected chi connectivity index (χ3v) is 19.7. The number of hydrogen-bond donors (Lipinski definition) is 11. The number of phosphoric ester groups is 2. The van der Waals surface area contributed by atoms with E-state index in [1.165, 1.54) is 18.2 Å². The zero-order chi connectivity index (χ0) is 66.1. The van der Waals surface area contributed by atoms with E-state index in [2.05, 4.69) is 30.1 Å². The van der Waals surface area contributed by atoms with Gasteiger partial charge >= 0.3 is 15.6 Å². The van der Waals surface area contributed by atoms with Crippen LogP contribution in [0.4, 0.5) is 11.4 Å². The van der Waals surface area contributed by atoms with Gasteiger partial charge in [0.2, 0.25) is 5.69 Å². The Labute approximate surface area is 513 Å². The maximum Gasteiger partial charge on any atom is 0.477 e. The first-order valence-electron chi connectivity index (χ1n) is 27.4. The fourth-order valence-electron chi connectivity index (χ4n) is 9.96. The van der Waals surface area contributed by atoms with Crippen LogP contribution in [-0.2, 0) is 78.3 Å². The van der Waals surface area contributed by atoms with E-state index >= 15 is 0 Å². The molecule has 4 amide bonds. The van der Waals surface area contributed by atoms with Crippen molar-refractivity contribution in [3.8, 4) is 0 Å². The molecule has 2 heterocycles. The Morgan fingerprint density at radius 2 is 1.05 bits per heavy atom. The Kier molecular flexibility index (Phi) is 28.2. The topological polar surface area (TPSA) is 472 Å². The summed E-state index contributed by atoms with van der Waals surface area (Å²) < 4.78 is 176. The van der Waals surface area contributed by atoms with Crippen molar-refractivity contribution in [1.29, 1.82) is 0 Å². The quantitative estimate of drug-likeness (QED) is 0.0194. The lowest BCUT2D eigenvalue weighted by Gasteiger charge is -2.27. The first kappa shape index (κ1) is 76.0. The van der Waals surface area contributed by atoms with E-state index in [9.17, 15) is 90.0 Å². The number of phosphoric acid groups is 2. The molecule has 0 fully saturated rings. The summed E-state index contributed by atoms with van der Waals surface area (Å²) in [5, 5.41) is 10.5. The highest BCUT2D eigenvalue weighted by atomic mass is 32.2. The average molecular weight is 1380 g/mol. The molecule has 3 atom stereocenters. The van der Waals surface area contributed by atoms with Crippen molar-refractivity contribution < 1.29 is 117 Å². The number of nitrogens with zero attached hydrogens (tertiary/aromatic N) is 2. The van der Waals surface area contributed by atoms with Crippen LogP contribution in [0.5, 0.6) is 0 Å². The third kappa shape index (κ3) is 24.0. The number of fused-ring (bicyclic) bond motifs is 2. The van der Waals surface area contributed by atoms with Crippen molar-refractivity contribution in [2.45, 2.75) is 103 Å². The number of rotatable bonds is 39. The van der Waals surface area contributed by atoms with E-state index in [4.69, 9.17) is 13.9 Å². The minimum Gasteiger partial charge on any atom is -0.352 e. The fourth-order valence-corrected chi connectivity index (χ4v) is 13.1. The molecule has 88 heavy (non-hydrogen) atoms. The molecule has 2 aromatic rings. The SMILES string of the molecule is COP(=O)(O)OCCCCCCNC(=O)c1cc(C(=O)NCCCCCCOP(=O)(O)OPO)cc2c1C(C)(C)C(C=CC=C1N(CCCS(=O)(=O)O)c3cc(C(=O)NCCS(=O)(=O)O)cc(C(=O)NCCS(=O)(=O)O)c3C1(C)C)=[N+]2CCCS(=O)(=O)O. The maximum absolute atomic E-state index is 14.5. The molecular formula is C50H78N6O25P3S4+. The molecule has 0 aromatic heterocycles. The number of hydrogen-bond acceptors (Lipinski definition) is 20. The van der Waals surface area contributed by atoms with Gasteiger partial charge in [-0.2, -0.15) is 38.2 Å². The van der Waals surface area contributed by atoms with Gasteiger partial charge in [0.05, 0.1) is 52.8 Å². The van der Waals surface area contributed by atoms with Gasteiger partial charge in [-0.05, 0) is 70.2 Å². The molecule has 31 nitrogen and oxygen atoms in total. The molecule has 2 aliphatic heterocycles. The molecule has 0 bridgehead atoms. The molecule has 0 spiro atoms. The number of allylic oxidation sites excluding steroid dienone is 4. The molecule has 3 unspecified atom stereocenters. The maximum atomic E-state index is 14.5. The summed E-state index contributed by atoms with van der Waals surface area (Å²) in [4.78, 5) is 85.8. The van der Waals surface area contributed by atoms with Crippen LogP contribution in [0.2, 0.25) is 0 Å². The third-order valence-electron chi connectivity index (χ3n) is 13.9. The van der Waals surface area contributed by atoms with Gasteiger partial charge in [-0.25, -0.2) is 13.4 Å². The number of benzene rings is 2. The molecule has 2 aromatic carbocycles. The number of carbonyl (C=O) groups excluding carboxylic acids is 4. The number of anilines is 1. The Hall–Kier alpha value is -4.48. The smallest absolute Gasteiger partial charge is 0.352 e. The highest BCUT2D eigenvalue weighted by Crippen LogP contribution is 2.51. The van der Waals surface area contributed by atoms with Gasteiger partial charge in [0.15, 0.2) is 14.7 Å². The van der Waals surface area contributed by atoms with Crippen molar-refractivity contribution in [2.24, 2.45) is 0 Å².